The summed E-state index contributed by atoms with van der Waals surface area (Å²) in [6, 6.07) is 0. The molecule has 3 nitrogen and oxygen atoms in total. The van der Waals surface area contributed by atoms with Crippen LogP contribution in [-0.4, -0.2) is 30.6 Å². The summed E-state index contributed by atoms with van der Waals surface area (Å²) in [6.45, 7) is 8.88. The summed E-state index contributed by atoms with van der Waals surface area (Å²) in [5.74, 6) is 0.173. The van der Waals surface area contributed by atoms with E-state index in [1.807, 2.05) is 6.92 Å². The van der Waals surface area contributed by atoms with E-state index in [2.05, 4.69) is 36.2 Å². The van der Waals surface area contributed by atoms with E-state index in [0.29, 0.717) is 13.1 Å². The second kappa shape index (κ2) is 10.7. The summed E-state index contributed by atoms with van der Waals surface area (Å²) in [4.78, 5) is 13.6. The van der Waals surface area contributed by atoms with E-state index in [-0.39, 0.29) is 5.91 Å². The van der Waals surface area contributed by atoms with Crippen LogP contribution in [-0.2, 0) is 4.79 Å². The van der Waals surface area contributed by atoms with Gasteiger partial charge in [0.2, 0.25) is 5.91 Å². The maximum atomic E-state index is 11.5. The zero-order valence-electron chi connectivity index (χ0n) is 11.0. The molecule has 0 aliphatic heterocycles. The van der Waals surface area contributed by atoms with Gasteiger partial charge < -0.3 is 5.32 Å². The second-order valence-corrected chi connectivity index (χ2v) is 3.88. The van der Waals surface area contributed by atoms with Crippen molar-refractivity contribution in [2.45, 2.75) is 46.5 Å². The molecule has 94 valence electrons. The Kier molecular flexibility index (Phi) is 10.1. The molecule has 1 amide bonds. The molecule has 0 rings (SSSR count). The van der Waals surface area contributed by atoms with Gasteiger partial charge >= 0.3 is 0 Å². The van der Waals surface area contributed by atoms with Crippen molar-refractivity contribution in [1.29, 1.82) is 0 Å². The molecule has 0 bridgehead atoms. The third-order valence-electron chi connectivity index (χ3n) is 2.65. The van der Waals surface area contributed by atoms with Crippen molar-refractivity contribution in [3.05, 3.63) is 12.2 Å². The van der Waals surface area contributed by atoms with Gasteiger partial charge in [0.25, 0.3) is 0 Å². The van der Waals surface area contributed by atoms with Gasteiger partial charge in [-0.2, -0.15) is 0 Å². The summed E-state index contributed by atoms with van der Waals surface area (Å²) in [7, 11) is 0. The summed E-state index contributed by atoms with van der Waals surface area (Å²) in [5, 5.41) is 2.94. The van der Waals surface area contributed by atoms with E-state index in [1.54, 1.807) is 0 Å². The Hall–Kier alpha value is -0.830. The summed E-state index contributed by atoms with van der Waals surface area (Å²) in [6.07, 6.45) is 8.02. The van der Waals surface area contributed by atoms with E-state index in [4.69, 9.17) is 0 Å². The Morgan fingerprint density at radius 3 is 2.50 bits per heavy atom. The van der Waals surface area contributed by atoms with E-state index in [0.717, 1.165) is 32.4 Å². The minimum Gasteiger partial charge on any atom is -0.343 e. The Balaban J connectivity index is 3.44. The standard InChI is InChI=1S/C13H26N2O/c1-4-7-8-9-10-11-13(16)14-12-15(5-2)6-3/h4,7H,5-6,8-12H2,1-3H3,(H,14,16)/b7-4+. The molecule has 0 unspecified atom stereocenters. The zero-order valence-corrected chi connectivity index (χ0v) is 11.0. The lowest BCUT2D eigenvalue weighted by molar-refractivity contribution is -0.121. The molecule has 0 aromatic heterocycles. The fraction of sp³-hybridized carbons (Fsp3) is 0.769. The molecule has 0 spiro atoms. The molecule has 0 saturated heterocycles. The van der Waals surface area contributed by atoms with Crippen LogP contribution in [0.25, 0.3) is 0 Å². The molecule has 0 radical (unpaired) electrons. The third kappa shape index (κ3) is 8.48. The Morgan fingerprint density at radius 2 is 1.94 bits per heavy atom. The van der Waals surface area contributed by atoms with Crippen molar-refractivity contribution in [3.8, 4) is 0 Å². The summed E-state index contributed by atoms with van der Waals surface area (Å²) >= 11 is 0. The van der Waals surface area contributed by atoms with Crippen LogP contribution in [0.15, 0.2) is 12.2 Å². The van der Waals surface area contributed by atoms with Crippen LogP contribution in [0.2, 0.25) is 0 Å². The first-order chi connectivity index (χ1) is 7.74. The average molecular weight is 226 g/mol. The average Bonchev–Trinajstić information content (AvgIpc) is 2.30. The lowest BCUT2D eigenvalue weighted by atomic mass is 10.2. The molecule has 0 heterocycles. The van der Waals surface area contributed by atoms with Gasteiger partial charge in [-0.15, -0.1) is 0 Å². The largest absolute Gasteiger partial charge is 0.343 e. The fourth-order valence-electron chi connectivity index (χ4n) is 1.45. The molecular formula is C13H26N2O. The monoisotopic (exact) mass is 226 g/mol. The number of unbranched alkanes of at least 4 members (excludes halogenated alkanes) is 2. The van der Waals surface area contributed by atoms with Crippen LogP contribution in [0.5, 0.6) is 0 Å². The molecule has 0 atom stereocenters. The topological polar surface area (TPSA) is 32.3 Å². The normalized spacial score (nSPS) is 11.2. The van der Waals surface area contributed by atoms with E-state index in [1.165, 1.54) is 0 Å². The molecule has 0 aromatic rings. The molecule has 0 aliphatic carbocycles. The number of rotatable bonds is 9. The van der Waals surface area contributed by atoms with Crippen LogP contribution in [0.4, 0.5) is 0 Å². The third-order valence-corrected chi connectivity index (χ3v) is 2.65. The number of nitrogens with one attached hydrogen (secondary N) is 1. The van der Waals surface area contributed by atoms with Gasteiger partial charge in [0, 0.05) is 6.42 Å². The van der Waals surface area contributed by atoms with Crippen LogP contribution in [0.3, 0.4) is 0 Å². The number of carbonyl (C=O) groups is 1. The van der Waals surface area contributed by atoms with E-state index in [9.17, 15) is 4.79 Å². The van der Waals surface area contributed by atoms with Gasteiger partial charge in [0.05, 0.1) is 6.67 Å². The Morgan fingerprint density at radius 1 is 1.25 bits per heavy atom. The first-order valence-electron chi connectivity index (χ1n) is 6.34. The molecule has 1 N–H and O–H groups in total. The van der Waals surface area contributed by atoms with Gasteiger partial charge in [-0.25, -0.2) is 0 Å². The van der Waals surface area contributed by atoms with Crippen molar-refractivity contribution >= 4 is 5.91 Å². The highest BCUT2D eigenvalue weighted by Crippen LogP contribution is 2.00. The molecule has 0 saturated carbocycles. The zero-order chi connectivity index (χ0) is 12.2. The number of amides is 1. The number of nitrogens with zero attached hydrogens (tertiary/aromatic N) is 1. The SMILES string of the molecule is C/C=C/CCCCC(=O)NCN(CC)CC. The van der Waals surface area contributed by atoms with Gasteiger partial charge in [0.1, 0.15) is 0 Å². The van der Waals surface area contributed by atoms with E-state index < -0.39 is 0 Å². The van der Waals surface area contributed by atoms with Crippen molar-refractivity contribution < 1.29 is 4.79 Å². The Bertz CT molecular complexity index is 198. The van der Waals surface area contributed by atoms with Crippen LogP contribution in [0, 0.1) is 0 Å². The predicted octanol–water partition coefficient (Wildman–Crippen LogP) is 2.54. The highest BCUT2D eigenvalue weighted by molar-refractivity contribution is 5.75. The molecule has 0 aromatic carbocycles. The number of carbonyl (C=O) groups excluding carboxylic acids is 1. The van der Waals surface area contributed by atoms with Crippen LogP contribution >= 0.6 is 0 Å². The number of hydrogen-bond acceptors (Lipinski definition) is 2. The summed E-state index contributed by atoms with van der Waals surface area (Å²) < 4.78 is 0. The maximum Gasteiger partial charge on any atom is 0.220 e. The van der Waals surface area contributed by atoms with Crippen molar-refractivity contribution in [3.63, 3.8) is 0 Å². The van der Waals surface area contributed by atoms with Crippen LogP contribution in [0.1, 0.15) is 46.5 Å². The highest BCUT2D eigenvalue weighted by atomic mass is 16.1. The predicted molar refractivity (Wildman–Crippen MR) is 69.2 cm³/mol. The lowest BCUT2D eigenvalue weighted by Gasteiger charge is -2.18. The van der Waals surface area contributed by atoms with Crippen molar-refractivity contribution in [2.75, 3.05) is 19.8 Å². The molecule has 0 aliphatic rings. The number of hydrogen-bond donors (Lipinski definition) is 1. The molecule has 16 heavy (non-hydrogen) atoms. The first kappa shape index (κ1) is 15.2. The van der Waals surface area contributed by atoms with Crippen molar-refractivity contribution in [1.82, 2.24) is 10.2 Å². The van der Waals surface area contributed by atoms with E-state index >= 15 is 0 Å². The smallest absolute Gasteiger partial charge is 0.220 e. The number of allylic oxidation sites excluding steroid dienone is 2. The highest BCUT2D eigenvalue weighted by Gasteiger charge is 2.02. The second-order valence-electron chi connectivity index (χ2n) is 3.88. The lowest BCUT2D eigenvalue weighted by Crippen LogP contribution is -2.37. The van der Waals surface area contributed by atoms with Gasteiger partial charge in [-0.05, 0) is 39.3 Å². The Labute approximate surface area is 99.9 Å². The molecular weight excluding hydrogens is 200 g/mol. The van der Waals surface area contributed by atoms with Gasteiger partial charge in [-0.3, -0.25) is 9.69 Å². The fourth-order valence-corrected chi connectivity index (χ4v) is 1.45. The minimum atomic E-state index is 0.173. The molecule has 0 fully saturated rings. The quantitative estimate of drug-likeness (QED) is 0.372. The minimum absolute atomic E-state index is 0.173. The van der Waals surface area contributed by atoms with Gasteiger partial charge in [-0.1, -0.05) is 26.0 Å². The van der Waals surface area contributed by atoms with Crippen LogP contribution < -0.4 is 5.32 Å². The molecule has 3 heteroatoms. The maximum absolute atomic E-state index is 11.5. The first-order valence-corrected chi connectivity index (χ1v) is 6.34. The van der Waals surface area contributed by atoms with Gasteiger partial charge in [0.15, 0.2) is 0 Å². The summed E-state index contributed by atoms with van der Waals surface area (Å²) in [5.41, 5.74) is 0. The van der Waals surface area contributed by atoms with Crippen molar-refractivity contribution in [2.24, 2.45) is 0 Å².